The SMILES string of the molecule is CC(C)CNC(=O)CN1C(=O)C[C@]2(CCc3ccccc32)C1=O. The molecule has 1 aromatic carbocycles. The lowest BCUT2D eigenvalue weighted by Crippen LogP contribution is -2.43. The molecule has 1 atom stereocenters. The minimum atomic E-state index is -0.744. The average molecular weight is 314 g/mol. The first-order valence-electron chi connectivity index (χ1n) is 8.14. The van der Waals surface area contributed by atoms with E-state index in [0.717, 1.165) is 22.4 Å². The van der Waals surface area contributed by atoms with Crippen molar-refractivity contribution in [2.45, 2.75) is 38.5 Å². The van der Waals surface area contributed by atoms with Gasteiger partial charge in [-0.2, -0.15) is 0 Å². The number of carbonyl (C=O) groups excluding carboxylic acids is 3. The average Bonchev–Trinajstić information content (AvgIpc) is 3.00. The molecule has 1 heterocycles. The Labute approximate surface area is 136 Å². The first-order chi connectivity index (χ1) is 10.9. The van der Waals surface area contributed by atoms with Gasteiger partial charge in [-0.25, -0.2) is 0 Å². The Morgan fingerprint density at radius 1 is 1.30 bits per heavy atom. The van der Waals surface area contributed by atoms with Crippen molar-refractivity contribution >= 4 is 17.7 Å². The molecule has 1 N–H and O–H groups in total. The Morgan fingerprint density at radius 2 is 2.04 bits per heavy atom. The van der Waals surface area contributed by atoms with E-state index >= 15 is 0 Å². The molecular formula is C18H22N2O3. The quantitative estimate of drug-likeness (QED) is 0.854. The molecule has 5 nitrogen and oxygen atoms in total. The minimum absolute atomic E-state index is 0.172. The largest absolute Gasteiger partial charge is 0.354 e. The second-order valence-corrected chi connectivity index (χ2v) is 6.90. The number of hydrogen-bond acceptors (Lipinski definition) is 3. The van der Waals surface area contributed by atoms with E-state index in [1.807, 2.05) is 38.1 Å². The zero-order valence-corrected chi connectivity index (χ0v) is 13.6. The molecule has 3 amide bonds. The number of aryl methyl sites for hydroxylation is 1. The fraction of sp³-hybridized carbons (Fsp3) is 0.500. The number of rotatable bonds is 4. The molecule has 3 rings (SSSR count). The van der Waals surface area contributed by atoms with Gasteiger partial charge >= 0.3 is 0 Å². The van der Waals surface area contributed by atoms with Crippen LogP contribution in [0.1, 0.15) is 37.8 Å². The third-order valence-electron chi connectivity index (χ3n) is 4.77. The minimum Gasteiger partial charge on any atom is -0.354 e. The molecule has 2 aliphatic rings. The zero-order chi connectivity index (χ0) is 16.6. The van der Waals surface area contributed by atoms with Crippen LogP contribution in [0.3, 0.4) is 0 Å². The van der Waals surface area contributed by atoms with Crippen molar-refractivity contribution < 1.29 is 14.4 Å². The third-order valence-corrected chi connectivity index (χ3v) is 4.77. The van der Waals surface area contributed by atoms with E-state index in [9.17, 15) is 14.4 Å². The molecule has 23 heavy (non-hydrogen) atoms. The summed E-state index contributed by atoms with van der Waals surface area (Å²) in [5.41, 5.74) is 1.36. The van der Waals surface area contributed by atoms with Gasteiger partial charge in [0, 0.05) is 13.0 Å². The fourth-order valence-corrected chi connectivity index (χ4v) is 3.57. The standard InChI is InChI=1S/C18H22N2O3/c1-12(2)10-19-15(21)11-20-16(22)9-18(17(20)23)8-7-13-5-3-4-6-14(13)18/h3-6,12H,7-11H2,1-2H3,(H,19,21)/t18-/m0/s1. The van der Waals surface area contributed by atoms with Gasteiger partial charge in [0.25, 0.3) is 0 Å². The zero-order valence-electron chi connectivity index (χ0n) is 13.6. The van der Waals surface area contributed by atoms with Crippen LogP contribution in [-0.4, -0.2) is 35.7 Å². The molecule has 1 aliphatic heterocycles. The molecular weight excluding hydrogens is 292 g/mol. The summed E-state index contributed by atoms with van der Waals surface area (Å²) in [6.07, 6.45) is 1.64. The summed E-state index contributed by atoms with van der Waals surface area (Å²) in [4.78, 5) is 38.4. The third kappa shape index (κ3) is 2.64. The Hall–Kier alpha value is -2.17. The lowest BCUT2D eigenvalue weighted by Gasteiger charge is -2.22. The van der Waals surface area contributed by atoms with Gasteiger partial charge in [0.15, 0.2) is 0 Å². The molecule has 1 spiro atoms. The van der Waals surface area contributed by atoms with E-state index in [4.69, 9.17) is 0 Å². The highest BCUT2D eigenvalue weighted by atomic mass is 16.2. The summed E-state index contributed by atoms with van der Waals surface area (Å²) in [7, 11) is 0. The molecule has 0 bridgehead atoms. The summed E-state index contributed by atoms with van der Waals surface area (Å²) in [5, 5.41) is 2.76. The number of nitrogens with zero attached hydrogens (tertiary/aromatic N) is 1. The smallest absolute Gasteiger partial charge is 0.240 e. The van der Waals surface area contributed by atoms with E-state index in [2.05, 4.69) is 5.32 Å². The van der Waals surface area contributed by atoms with E-state index in [0.29, 0.717) is 18.9 Å². The topological polar surface area (TPSA) is 66.5 Å². The van der Waals surface area contributed by atoms with E-state index in [1.54, 1.807) is 0 Å². The van der Waals surface area contributed by atoms with E-state index in [1.165, 1.54) is 0 Å². The second-order valence-electron chi connectivity index (χ2n) is 6.90. The number of carbonyl (C=O) groups is 3. The molecule has 5 heteroatoms. The first-order valence-corrected chi connectivity index (χ1v) is 8.14. The van der Waals surface area contributed by atoms with Crippen LogP contribution in [0.25, 0.3) is 0 Å². The van der Waals surface area contributed by atoms with Crippen molar-refractivity contribution in [3.8, 4) is 0 Å². The highest BCUT2D eigenvalue weighted by molar-refractivity contribution is 6.11. The highest BCUT2D eigenvalue weighted by Gasteiger charge is 2.55. The van der Waals surface area contributed by atoms with Gasteiger partial charge in [-0.3, -0.25) is 19.3 Å². The van der Waals surface area contributed by atoms with Crippen LogP contribution in [-0.2, 0) is 26.2 Å². The van der Waals surface area contributed by atoms with Crippen molar-refractivity contribution in [3.63, 3.8) is 0 Å². The molecule has 0 aromatic heterocycles. The van der Waals surface area contributed by atoms with Crippen molar-refractivity contribution in [1.82, 2.24) is 10.2 Å². The van der Waals surface area contributed by atoms with Crippen LogP contribution in [0.4, 0.5) is 0 Å². The number of benzene rings is 1. The van der Waals surface area contributed by atoms with Crippen LogP contribution in [0.5, 0.6) is 0 Å². The monoisotopic (exact) mass is 314 g/mol. The number of nitrogens with one attached hydrogen (secondary N) is 1. The maximum absolute atomic E-state index is 12.9. The predicted molar refractivity (Wildman–Crippen MR) is 85.6 cm³/mol. The van der Waals surface area contributed by atoms with E-state index < -0.39 is 5.41 Å². The normalized spacial score (nSPS) is 23.0. The molecule has 1 aromatic rings. The van der Waals surface area contributed by atoms with Gasteiger partial charge in [-0.05, 0) is 29.9 Å². The Balaban J connectivity index is 1.78. The summed E-state index contributed by atoms with van der Waals surface area (Å²) in [6, 6.07) is 7.81. The summed E-state index contributed by atoms with van der Waals surface area (Å²) < 4.78 is 0. The van der Waals surface area contributed by atoms with Crippen molar-refractivity contribution in [2.75, 3.05) is 13.1 Å². The first kappa shape index (κ1) is 15.7. The van der Waals surface area contributed by atoms with Gasteiger partial charge in [-0.15, -0.1) is 0 Å². The van der Waals surface area contributed by atoms with Gasteiger partial charge in [-0.1, -0.05) is 38.1 Å². The molecule has 1 aliphatic carbocycles. The lowest BCUT2D eigenvalue weighted by atomic mass is 9.80. The highest BCUT2D eigenvalue weighted by Crippen LogP contribution is 2.46. The van der Waals surface area contributed by atoms with Gasteiger partial charge in [0.1, 0.15) is 6.54 Å². The second kappa shape index (κ2) is 5.80. The molecule has 122 valence electrons. The van der Waals surface area contributed by atoms with Crippen molar-refractivity contribution in [1.29, 1.82) is 0 Å². The maximum atomic E-state index is 12.9. The van der Waals surface area contributed by atoms with Crippen molar-refractivity contribution in [3.05, 3.63) is 35.4 Å². The number of likely N-dealkylation sites (tertiary alicyclic amines) is 1. The maximum Gasteiger partial charge on any atom is 0.240 e. The van der Waals surface area contributed by atoms with E-state index in [-0.39, 0.29) is 30.7 Å². The number of fused-ring (bicyclic) bond motifs is 2. The molecule has 0 unspecified atom stereocenters. The van der Waals surface area contributed by atoms with Crippen LogP contribution >= 0.6 is 0 Å². The van der Waals surface area contributed by atoms with Gasteiger partial charge in [0.05, 0.1) is 5.41 Å². The summed E-state index contributed by atoms with van der Waals surface area (Å²) in [5.74, 6) is -0.403. The van der Waals surface area contributed by atoms with Crippen molar-refractivity contribution in [2.24, 2.45) is 5.92 Å². The molecule has 1 fully saturated rings. The van der Waals surface area contributed by atoms with Crippen LogP contribution in [0, 0.1) is 5.92 Å². The summed E-state index contributed by atoms with van der Waals surface area (Å²) >= 11 is 0. The Morgan fingerprint density at radius 3 is 2.78 bits per heavy atom. The fourth-order valence-electron chi connectivity index (χ4n) is 3.57. The number of imide groups is 1. The number of amides is 3. The molecule has 1 saturated heterocycles. The molecule has 0 radical (unpaired) electrons. The van der Waals surface area contributed by atoms with Gasteiger partial charge in [0.2, 0.25) is 17.7 Å². The van der Waals surface area contributed by atoms with Crippen LogP contribution in [0.15, 0.2) is 24.3 Å². The summed E-state index contributed by atoms with van der Waals surface area (Å²) in [6.45, 7) is 4.37. The van der Waals surface area contributed by atoms with Gasteiger partial charge < -0.3 is 5.32 Å². The number of hydrogen-bond donors (Lipinski definition) is 1. The molecule has 0 saturated carbocycles. The Kier molecular flexibility index (Phi) is 3.96. The predicted octanol–water partition coefficient (Wildman–Crippen LogP) is 1.40. The van der Waals surface area contributed by atoms with Crippen LogP contribution in [0.2, 0.25) is 0 Å². The van der Waals surface area contributed by atoms with Crippen LogP contribution < -0.4 is 5.32 Å². The Bertz CT molecular complexity index is 668. The lowest BCUT2D eigenvalue weighted by molar-refractivity contribution is -0.143.